The number of benzene rings is 2. The van der Waals surface area contributed by atoms with E-state index in [4.69, 9.17) is 16.3 Å². The van der Waals surface area contributed by atoms with Crippen molar-refractivity contribution in [2.24, 2.45) is 0 Å². The number of hydrogen-bond donors (Lipinski definition) is 2. The molecule has 0 aliphatic rings. The molecular weight excluding hydrogens is 314 g/mol. The number of carbonyl (C=O) groups excluding carboxylic acids is 1. The van der Waals surface area contributed by atoms with Crippen molar-refractivity contribution in [3.8, 4) is 11.5 Å². The van der Waals surface area contributed by atoms with E-state index in [2.05, 4.69) is 5.32 Å². The van der Waals surface area contributed by atoms with Crippen molar-refractivity contribution >= 4 is 17.5 Å². The Balaban J connectivity index is 2.03. The Labute approximate surface area is 141 Å². The predicted molar refractivity (Wildman–Crippen MR) is 90.8 cm³/mol. The number of carbonyl (C=O) groups is 1. The van der Waals surface area contributed by atoms with Crippen molar-refractivity contribution in [3.05, 3.63) is 59.1 Å². The van der Waals surface area contributed by atoms with Crippen LogP contribution < -0.4 is 10.1 Å². The molecule has 0 aliphatic carbocycles. The highest BCUT2D eigenvalue weighted by atomic mass is 35.5. The molecule has 1 unspecified atom stereocenters. The number of para-hydroxylation sites is 1. The molecular formula is C18H20ClNO3. The summed E-state index contributed by atoms with van der Waals surface area (Å²) >= 11 is 6.06. The molecule has 0 fully saturated rings. The van der Waals surface area contributed by atoms with E-state index in [0.717, 1.165) is 5.56 Å². The Kier molecular flexibility index (Phi) is 5.64. The maximum atomic E-state index is 10.9. The minimum absolute atomic E-state index is 0.107. The van der Waals surface area contributed by atoms with Gasteiger partial charge in [0.05, 0.1) is 10.6 Å². The molecule has 0 saturated carbocycles. The van der Waals surface area contributed by atoms with Gasteiger partial charge < -0.3 is 15.2 Å². The van der Waals surface area contributed by atoms with E-state index in [1.165, 1.54) is 6.92 Å². The fourth-order valence-corrected chi connectivity index (χ4v) is 2.34. The first-order valence-electron chi connectivity index (χ1n) is 7.38. The smallest absolute Gasteiger partial charge is 0.216 e. The molecule has 2 aromatic rings. The summed E-state index contributed by atoms with van der Waals surface area (Å²) in [6.07, 6.45) is 0.428. The van der Waals surface area contributed by atoms with E-state index in [9.17, 15) is 9.90 Å². The van der Waals surface area contributed by atoms with E-state index in [0.29, 0.717) is 29.5 Å². The van der Waals surface area contributed by atoms with Gasteiger partial charge in [0, 0.05) is 13.5 Å². The first kappa shape index (κ1) is 17.3. The quantitative estimate of drug-likeness (QED) is 0.843. The Hall–Kier alpha value is -2.04. The summed E-state index contributed by atoms with van der Waals surface area (Å²) in [6.45, 7) is 3.59. The van der Waals surface area contributed by atoms with Crippen LogP contribution in [0, 0.1) is 0 Å². The number of rotatable bonds is 6. The van der Waals surface area contributed by atoms with Gasteiger partial charge in [-0.1, -0.05) is 35.9 Å². The highest BCUT2D eigenvalue weighted by molar-refractivity contribution is 6.32. The minimum atomic E-state index is -1.02. The molecule has 122 valence electrons. The van der Waals surface area contributed by atoms with E-state index in [1.807, 2.05) is 12.1 Å². The zero-order valence-electron chi connectivity index (χ0n) is 13.2. The molecule has 0 aliphatic heterocycles. The van der Waals surface area contributed by atoms with Gasteiger partial charge in [0.1, 0.15) is 11.5 Å². The summed E-state index contributed by atoms with van der Waals surface area (Å²) in [5.74, 6) is 1.11. The Morgan fingerprint density at radius 3 is 2.48 bits per heavy atom. The van der Waals surface area contributed by atoms with E-state index >= 15 is 0 Å². The molecule has 0 radical (unpaired) electrons. The molecule has 1 amide bonds. The largest absolute Gasteiger partial charge is 0.456 e. The summed E-state index contributed by atoms with van der Waals surface area (Å²) in [5, 5.41) is 13.7. The van der Waals surface area contributed by atoms with Gasteiger partial charge in [-0.3, -0.25) is 4.79 Å². The maximum Gasteiger partial charge on any atom is 0.216 e. The van der Waals surface area contributed by atoms with Gasteiger partial charge in [-0.15, -0.1) is 0 Å². The van der Waals surface area contributed by atoms with Gasteiger partial charge in [-0.2, -0.15) is 0 Å². The highest BCUT2D eigenvalue weighted by Crippen LogP contribution is 2.31. The van der Waals surface area contributed by atoms with Crippen molar-refractivity contribution in [3.63, 3.8) is 0 Å². The zero-order valence-corrected chi connectivity index (χ0v) is 13.9. The average molecular weight is 334 g/mol. The summed E-state index contributed by atoms with van der Waals surface area (Å²) in [7, 11) is 0. The number of hydrogen-bond acceptors (Lipinski definition) is 3. The zero-order chi connectivity index (χ0) is 16.9. The first-order chi connectivity index (χ1) is 10.9. The van der Waals surface area contributed by atoms with Crippen molar-refractivity contribution in [2.45, 2.75) is 25.9 Å². The SMILES string of the molecule is CC(=O)NCCC(C)(O)c1ccc(Oc2ccccc2Cl)cc1. The number of halogens is 1. The fourth-order valence-electron chi connectivity index (χ4n) is 2.16. The molecule has 5 heteroatoms. The van der Waals surface area contributed by atoms with Crippen molar-refractivity contribution < 1.29 is 14.6 Å². The van der Waals surface area contributed by atoms with Crippen LogP contribution in [0.1, 0.15) is 25.8 Å². The summed E-state index contributed by atoms with van der Waals surface area (Å²) in [6, 6.07) is 14.4. The lowest BCUT2D eigenvalue weighted by Gasteiger charge is -2.24. The van der Waals surface area contributed by atoms with Crippen LogP contribution in [-0.4, -0.2) is 17.6 Å². The van der Waals surface area contributed by atoms with Gasteiger partial charge >= 0.3 is 0 Å². The molecule has 0 aromatic heterocycles. The normalized spacial score (nSPS) is 13.2. The summed E-state index contributed by atoms with van der Waals surface area (Å²) in [5.41, 5.74) is -0.264. The van der Waals surface area contributed by atoms with Gasteiger partial charge in [-0.25, -0.2) is 0 Å². The Bertz CT molecular complexity index is 668. The lowest BCUT2D eigenvalue weighted by atomic mass is 9.92. The molecule has 0 saturated heterocycles. The molecule has 0 spiro atoms. The topological polar surface area (TPSA) is 58.6 Å². The van der Waals surface area contributed by atoms with Crippen LogP contribution in [0.3, 0.4) is 0 Å². The third kappa shape index (κ3) is 4.98. The third-order valence-corrected chi connectivity index (χ3v) is 3.84. The molecule has 2 aromatic carbocycles. The number of aliphatic hydroxyl groups is 1. The van der Waals surface area contributed by atoms with Crippen molar-refractivity contribution in [1.29, 1.82) is 0 Å². The highest BCUT2D eigenvalue weighted by Gasteiger charge is 2.22. The van der Waals surface area contributed by atoms with Crippen LogP contribution in [-0.2, 0) is 10.4 Å². The lowest BCUT2D eigenvalue weighted by molar-refractivity contribution is -0.119. The second-order valence-corrected chi connectivity index (χ2v) is 5.97. The van der Waals surface area contributed by atoms with Crippen LogP contribution in [0.2, 0.25) is 5.02 Å². The van der Waals surface area contributed by atoms with Gasteiger partial charge in [0.15, 0.2) is 0 Å². The number of ether oxygens (including phenoxy) is 1. The maximum absolute atomic E-state index is 10.9. The Morgan fingerprint density at radius 2 is 1.87 bits per heavy atom. The fraction of sp³-hybridized carbons (Fsp3) is 0.278. The predicted octanol–water partition coefficient (Wildman–Crippen LogP) is 3.87. The first-order valence-corrected chi connectivity index (χ1v) is 7.76. The molecule has 2 N–H and O–H groups in total. The van der Waals surface area contributed by atoms with Crippen molar-refractivity contribution in [1.82, 2.24) is 5.32 Å². The second kappa shape index (κ2) is 7.49. The number of amides is 1. The van der Waals surface area contributed by atoms with Crippen LogP contribution in [0.5, 0.6) is 11.5 Å². The van der Waals surface area contributed by atoms with Gasteiger partial charge in [0.2, 0.25) is 5.91 Å². The lowest BCUT2D eigenvalue weighted by Crippen LogP contribution is -2.29. The van der Waals surface area contributed by atoms with Crippen molar-refractivity contribution in [2.75, 3.05) is 6.54 Å². The van der Waals surface area contributed by atoms with Crippen LogP contribution in [0.4, 0.5) is 0 Å². The number of nitrogens with one attached hydrogen (secondary N) is 1. The molecule has 1 atom stereocenters. The molecule has 0 bridgehead atoms. The summed E-state index contributed by atoms with van der Waals surface area (Å²) in [4.78, 5) is 10.9. The van der Waals surface area contributed by atoms with Crippen LogP contribution >= 0.6 is 11.6 Å². The minimum Gasteiger partial charge on any atom is -0.456 e. The van der Waals surface area contributed by atoms with Crippen LogP contribution in [0.15, 0.2) is 48.5 Å². The van der Waals surface area contributed by atoms with Crippen LogP contribution in [0.25, 0.3) is 0 Å². The standard InChI is InChI=1S/C18H20ClNO3/c1-13(21)20-12-11-18(2,22)14-7-9-15(10-8-14)23-17-6-4-3-5-16(17)19/h3-10,22H,11-12H2,1-2H3,(H,20,21). The van der Waals surface area contributed by atoms with E-state index < -0.39 is 5.60 Å². The molecule has 0 heterocycles. The monoisotopic (exact) mass is 333 g/mol. The molecule has 23 heavy (non-hydrogen) atoms. The van der Waals surface area contributed by atoms with Gasteiger partial charge in [0.25, 0.3) is 0 Å². The van der Waals surface area contributed by atoms with Gasteiger partial charge in [-0.05, 0) is 43.2 Å². The third-order valence-electron chi connectivity index (χ3n) is 3.53. The van der Waals surface area contributed by atoms with E-state index in [1.54, 1.807) is 43.3 Å². The Morgan fingerprint density at radius 1 is 1.22 bits per heavy atom. The average Bonchev–Trinajstić information content (AvgIpc) is 2.49. The van der Waals surface area contributed by atoms with E-state index in [-0.39, 0.29) is 5.91 Å². The molecule has 4 nitrogen and oxygen atoms in total. The molecule has 2 rings (SSSR count). The summed E-state index contributed by atoms with van der Waals surface area (Å²) < 4.78 is 5.72. The second-order valence-electron chi connectivity index (χ2n) is 5.56.